The summed E-state index contributed by atoms with van der Waals surface area (Å²) in [5.41, 5.74) is 5.10. The molecule has 0 bridgehead atoms. The fourth-order valence-electron chi connectivity index (χ4n) is 5.55. The molecule has 2 aromatic carbocycles. The number of aromatic nitrogens is 1. The molecule has 1 aliphatic rings. The van der Waals surface area contributed by atoms with Crippen molar-refractivity contribution in [3.05, 3.63) is 70.2 Å². The number of rotatable bonds is 10. The van der Waals surface area contributed by atoms with Crippen molar-refractivity contribution < 1.29 is 19.0 Å². The van der Waals surface area contributed by atoms with Gasteiger partial charge in [-0.1, -0.05) is 38.1 Å². The number of carbonyl (C=O) groups is 1. The van der Waals surface area contributed by atoms with E-state index in [1.165, 1.54) is 10.4 Å². The number of fused-ring (bicyclic) bond motifs is 3. The van der Waals surface area contributed by atoms with E-state index < -0.39 is 0 Å². The van der Waals surface area contributed by atoms with Gasteiger partial charge in [0.1, 0.15) is 4.83 Å². The van der Waals surface area contributed by atoms with Crippen LogP contribution in [0.2, 0.25) is 0 Å². The third-order valence-corrected chi connectivity index (χ3v) is 9.27. The fraction of sp³-hybridized carbons (Fsp3) is 0.364. The number of thiocarbonyl (C=S) groups is 1. The van der Waals surface area contributed by atoms with Gasteiger partial charge in [-0.3, -0.25) is 4.90 Å². The van der Waals surface area contributed by atoms with Crippen LogP contribution in [-0.4, -0.2) is 66.3 Å². The summed E-state index contributed by atoms with van der Waals surface area (Å²) in [5.74, 6) is 0.854. The Morgan fingerprint density at radius 3 is 2.49 bits per heavy atom. The van der Waals surface area contributed by atoms with Gasteiger partial charge in [0.25, 0.3) is 0 Å². The second kappa shape index (κ2) is 13.7. The zero-order chi connectivity index (χ0) is 30.5. The smallest absolute Gasteiger partial charge is 0.340 e. The van der Waals surface area contributed by atoms with Crippen molar-refractivity contribution in [2.24, 2.45) is 0 Å². The van der Waals surface area contributed by atoms with Crippen LogP contribution in [0, 0.1) is 0 Å². The zero-order valence-electron chi connectivity index (χ0n) is 25.4. The summed E-state index contributed by atoms with van der Waals surface area (Å²) in [6, 6.07) is 15.8. The molecule has 0 aliphatic carbocycles. The van der Waals surface area contributed by atoms with Gasteiger partial charge in [0.15, 0.2) is 16.6 Å². The lowest BCUT2D eigenvalue weighted by Gasteiger charge is -2.30. The van der Waals surface area contributed by atoms with Gasteiger partial charge < -0.3 is 24.4 Å². The number of methoxy groups -OCH3 is 2. The summed E-state index contributed by atoms with van der Waals surface area (Å²) in [4.78, 5) is 25.5. The molecule has 0 unspecified atom stereocenters. The first-order valence-corrected chi connectivity index (χ1v) is 15.8. The number of hydrogen-bond donors (Lipinski definition) is 1. The SMILES string of the molecule is CCOC(=O)c1c(CN(CC)CC)nc2sc3c(c2c1-c1ccc(OC)c(OC)c1)CCN(C(=S)Nc1ccccc1)C3. The molecule has 0 atom stereocenters. The number of nitrogens with one attached hydrogen (secondary N) is 1. The lowest BCUT2D eigenvalue weighted by molar-refractivity contribution is 0.0524. The predicted molar refractivity (Wildman–Crippen MR) is 178 cm³/mol. The Hall–Kier alpha value is -3.73. The second-order valence-corrected chi connectivity index (χ2v) is 11.7. The van der Waals surface area contributed by atoms with E-state index in [-0.39, 0.29) is 12.6 Å². The summed E-state index contributed by atoms with van der Waals surface area (Å²) >= 11 is 7.49. The second-order valence-electron chi connectivity index (χ2n) is 10.2. The Bertz CT molecular complexity index is 1620. The van der Waals surface area contributed by atoms with Crippen molar-refractivity contribution in [1.82, 2.24) is 14.8 Å². The van der Waals surface area contributed by atoms with Crippen LogP contribution in [0.1, 0.15) is 47.3 Å². The molecule has 3 heterocycles. The van der Waals surface area contributed by atoms with Crippen LogP contribution in [0.15, 0.2) is 48.5 Å². The number of ether oxygens (including phenoxy) is 3. The molecule has 0 spiro atoms. The molecule has 0 amide bonds. The zero-order valence-corrected chi connectivity index (χ0v) is 27.0. The van der Waals surface area contributed by atoms with Crippen LogP contribution in [-0.2, 0) is 24.2 Å². The minimum Gasteiger partial charge on any atom is -0.493 e. The molecule has 0 saturated heterocycles. The summed E-state index contributed by atoms with van der Waals surface area (Å²) in [5, 5.41) is 5.06. The standard InChI is InChI=1S/C33H38N4O4S2/c1-6-36(7-2)19-24-30(32(38)41-8-3)28(21-14-15-25(39-4)26(18-21)40-5)29-23-16-17-37(20-27(23)43-31(29)35-24)33(42)34-22-12-10-9-11-13-22/h9-15,18H,6-8,16-17,19-20H2,1-5H3,(H,34,42). The molecule has 10 heteroatoms. The molecule has 5 rings (SSSR count). The number of thiophene rings is 1. The maximum absolute atomic E-state index is 13.8. The monoisotopic (exact) mass is 618 g/mol. The molecular formula is C33H38N4O4S2. The van der Waals surface area contributed by atoms with E-state index in [1.54, 1.807) is 25.6 Å². The number of esters is 1. The number of benzene rings is 2. The predicted octanol–water partition coefficient (Wildman–Crippen LogP) is 6.75. The molecule has 2 aromatic heterocycles. The Kier molecular flexibility index (Phi) is 9.79. The fourth-order valence-corrected chi connectivity index (χ4v) is 7.09. The maximum atomic E-state index is 13.8. The topological polar surface area (TPSA) is 76.2 Å². The normalized spacial score (nSPS) is 12.7. The van der Waals surface area contributed by atoms with Crippen molar-refractivity contribution in [3.63, 3.8) is 0 Å². The lowest BCUT2D eigenvalue weighted by Crippen LogP contribution is -2.38. The van der Waals surface area contributed by atoms with Gasteiger partial charge >= 0.3 is 5.97 Å². The minimum absolute atomic E-state index is 0.273. The summed E-state index contributed by atoms with van der Waals surface area (Å²) in [6.07, 6.45) is 0.769. The Morgan fingerprint density at radius 1 is 1.07 bits per heavy atom. The highest BCUT2D eigenvalue weighted by molar-refractivity contribution is 7.80. The third-order valence-electron chi connectivity index (χ3n) is 7.80. The van der Waals surface area contributed by atoms with Crippen molar-refractivity contribution in [3.8, 4) is 22.6 Å². The first-order valence-electron chi connectivity index (χ1n) is 14.6. The summed E-state index contributed by atoms with van der Waals surface area (Å²) < 4.78 is 16.9. The van der Waals surface area contributed by atoms with Gasteiger partial charge in [-0.15, -0.1) is 11.3 Å². The van der Waals surface area contributed by atoms with Crippen LogP contribution in [0.4, 0.5) is 5.69 Å². The Labute approximate surface area is 262 Å². The maximum Gasteiger partial charge on any atom is 0.340 e. The highest BCUT2D eigenvalue weighted by Gasteiger charge is 2.31. The average molecular weight is 619 g/mol. The van der Waals surface area contributed by atoms with E-state index in [2.05, 4.69) is 29.0 Å². The Balaban J connectivity index is 1.69. The quantitative estimate of drug-likeness (QED) is 0.153. The molecule has 0 radical (unpaired) electrons. The first kappa shape index (κ1) is 30.7. The molecule has 1 N–H and O–H groups in total. The molecule has 4 aromatic rings. The highest BCUT2D eigenvalue weighted by Crippen LogP contribution is 2.44. The summed E-state index contributed by atoms with van der Waals surface area (Å²) in [6.45, 7) is 9.97. The molecule has 8 nitrogen and oxygen atoms in total. The average Bonchev–Trinajstić information content (AvgIpc) is 3.40. The molecule has 0 saturated carbocycles. The molecular weight excluding hydrogens is 581 g/mol. The van der Waals surface area contributed by atoms with Gasteiger partial charge in [0, 0.05) is 34.6 Å². The van der Waals surface area contributed by atoms with Gasteiger partial charge in [0.2, 0.25) is 0 Å². The molecule has 226 valence electrons. The minimum atomic E-state index is -0.366. The van der Waals surface area contributed by atoms with E-state index in [4.69, 9.17) is 31.4 Å². The van der Waals surface area contributed by atoms with Crippen molar-refractivity contribution in [2.75, 3.05) is 45.8 Å². The van der Waals surface area contributed by atoms with Crippen LogP contribution >= 0.6 is 23.6 Å². The summed E-state index contributed by atoms with van der Waals surface area (Å²) in [7, 11) is 3.24. The van der Waals surface area contributed by atoms with E-state index in [1.807, 2.05) is 55.5 Å². The number of anilines is 1. The number of nitrogens with zero attached hydrogens (tertiary/aromatic N) is 3. The van der Waals surface area contributed by atoms with E-state index in [0.29, 0.717) is 35.3 Å². The Morgan fingerprint density at radius 2 is 1.81 bits per heavy atom. The van der Waals surface area contributed by atoms with Crippen molar-refractivity contribution in [2.45, 2.75) is 40.3 Å². The van der Waals surface area contributed by atoms with Gasteiger partial charge in [0.05, 0.1) is 38.6 Å². The van der Waals surface area contributed by atoms with Crippen LogP contribution < -0.4 is 14.8 Å². The number of carbonyl (C=O) groups excluding carboxylic acids is 1. The lowest BCUT2D eigenvalue weighted by atomic mass is 9.91. The third kappa shape index (κ3) is 6.32. The molecule has 1 aliphatic heterocycles. The van der Waals surface area contributed by atoms with E-state index in [9.17, 15) is 4.79 Å². The largest absolute Gasteiger partial charge is 0.493 e. The van der Waals surface area contributed by atoms with E-state index >= 15 is 0 Å². The van der Waals surface area contributed by atoms with Crippen LogP contribution in [0.5, 0.6) is 11.5 Å². The van der Waals surface area contributed by atoms with Gasteiger partial charge in [-0.25, -0.2) is 9.78 Å². The van der Waals surface area contributed by atoms with Gasteiger partial charge in [-0.05, 0) is 74.0 Å². The molecule has 0 fully saturated rings. The van der Waals surface area contributed by atoms with Gasteiger partial charge in [-0.2, -0.15) is 0 Å². The number of para-hydroxylation sites is 1. The number of pyridine rings is 1. The van der Waals surface area contributed by atoms with Crippen LogP contribution in [0.25, 0.3) is 21.3 Å². The highest BCUT2D eigenvalue weighted by atomic mass is 32.1. The van der Waals surface area contributed by atoms with Crippen molar-refractivity contribution >= 4 is 50.5 Å². The van der Waals surface area contributed by atoms with Crippen molar-refractivity contribution in [1.29, 1.82) is 0 Å². The van der Waals surface area contributed by atoms with E-state index in [0.717, 1.165) is 58.8 Å². The number of hydrogen-bond acceptors (Lipinski definition) is 8. The van der Waals surface area contributed by atoms with Crippen LogP contribution in [0.3, 0.4) is 0 Å². The first-order chi connectivity index (χ1) is 20.9. The molecule has 43 heavy (non-hydrogen) atoms.